The minimum absolute atomic E-state index is 0.00135. The van der Waals surface area contributed by atoms with Crippen molar-refractivity contribution in [1.82, 2.24) is 4.90 Å². The number of benzene rings is 2. The Kier molecular flexibility index (Phi) is 7.51. The maximum atomic E-state index is 13.0. The molecule has 0 bridgehead atoms. The lowest BCUT2D eigenvalue weighted by atomic mass is 10.2. The summed E-state index contributed by atoms with van der Waals surface area (Å²) in [5.41, 5.74) is -0.183. The average Bonchev–Trinajstić information content (AvgIpc) is 2.71. The van der Waals surface area contributed by atoms with Gasteiger partial charge in [0, 0.05) is 31.1 Å². The van der Waals surface area contributed by atoms with Gasteiger partial charge < -0.3 is 14.1 Å². The van der Waals surface area contributed by atoms with Gasteiger partial charge in [0.05, 0.1) is 35.1 Å². The summed E-state index contributed by atoms with van der Waals surface area (Å²) in [5, 5.41) is 9.05. The molecular weight excluding hydrogens is 441 g/mol. The average molecular weight is 461 g/mol. The molecule has 30 heavy (non-hydrogen) atoms. The summed E-state index contributed by atoms with van der Waals surface area (Å²) in [7, 11) is 0. The van der Waals surface area contributed by atoms with Crippen LogP contribution >= 0.6 is 23.5 Å². The third-order valence-electron chi connectivity index (χ3n) is 4.58. The Morgan fingerprint density at radius 2 is 1.83 bits per heavy atom. The summed E-state index contributed by atoms with van der Waals surface area (Å²) in [6, 6.07) is 9.59. The molecule has 162 valence electrons. The van der Waals surface area contributed by atoms with Crippen LogP contribution in [0.4, 0.5) is 18.9 Å². The second-order valence-electron chi connectivity index (χ2n) is 6.64. The van der Waals surface area contributed by atoms with Crippen LogP contribution in [-0.4, -0.2) is 55.4 Å². The van der Waals surface area contributed by atoms with Crippen molar-refractivity contribution < 1.29 is 27.8 Å². The smallest absolute Gasteiger partial charge is 0.416 e. The summed E-state index contributed by atoms with van der Waals surface area (Å²) < 4.78 is 46.2. The van der Waals surface area contributed by atoms with Gasteiger partial charge in [-0.05, 0) is 54.4 Å². The lowest BCUT2D eigenvalue weighted by Crippen LogP contribution is -2.40. The van der Waals surface area contributed by atoms with Crippen LogP contribution < -0.4 is 4.31 Å². The molecule has 1 aliphatic rings. The van der Waals surface area contributed by atoms with Crippen LogP contribution in [0.5, 0.6) is 0 Å². The van der Waals surface area contributed by atoms with Crippen molar-refractivity contribution in [2.24, 2.45) is 0 Å². The normalized spacial score (nSPS) is 15.2. The summed E-state index contributed by atoms with van der Waals surface area (Å²) >= 11 is 7.51. The van der Waals surface area contributed by atoms with E-state index in [0.29, 0.717) is 32.0 Å². The summed E-state index contributed by atoms with van der Waals surface area (Å²) in [5.74, 6) is -1.03. The number of carboxylic acids is 1. The molecule has 2 aromatic rings. The first-order chi connectivity index (χ1) is 14.2. The molecule has 1 aliphatic heterocycles. The summed E-state index contributed by atoms with van der Waals surface area (Å²) in [4.78, 5) is 14.0. The Balaban J connectivity index is 1.82. The third-order valence-corrected chi connectivity index (χ3v) is 5.97. The number of halogens is 4. The van der Waals surface area contributed by atoms with E-state index in [1.165, 1.54) is 30.1 Å². The third kappa shape index (κ3) is 6.04. The van der Waals surface area contributed by atoms with E-state index in [1.807, 2.05) is 4.31 Å². The fourth-order valence-electron chi connectivity index (χ4n) is 2.94. The molecule has 1 saturated heterocycles. The van der Waals surface area contributed by atoms with E-state index in [-0.39, 0.29) is 10.6 Å². The van der Waals surface area contributed by atoms with E-state index in [9.17, 15) is 18.0 Å². The van der Waals surface area contributed by atoms with E-state index < -0.39 is 17.7 Å². The van der Waals surface area contributed by atoms with Crippen molar-refractivity contribution in [3.63, 3.8) is 0 Å². The Morgan fingerprint density at radius 1 is 1.17 bits per heavy atom. The lowest BCUT2D eigenvalue weighted by Gasteiger charge is -2.31. The highest BCUT2D eigenvalue weighted by molar-refractivity contribution is 8.00. The van der Waals surface area contributed by atoms with Gasteiger partial charge in [-0.15, -0.1) is 0 Å². The van der Waals surface area contributed by atoms with Crippen LogP contribution in [0.15, 0.2) is 47.4 Å². The zero-order valence-electron chi connectivity index (χ0n) is 15.9. The molecule has 1 heterocycles. The quantitative estimate of drug-likeness (QED) is 0.593. The molecule has 0 aliphatic carbocycles. The first-order valence-electron chi connectivity index (χ1n) is 9.20. The van der Waals surface area contributed by atoms with Crippen molar-refractivity contribution >= 4 is 35.2 Å². The highest BCUT2D eigenvalue weighted by Gasteiger charge is 2.31. The SMILES string of the molecule is O=C(O)c1ccc(SN(CCN2CCOCC2)c2ccc(C(F)(F)F)cc2Cl)cc1. The Labute approximate surface area is 181 Å². The molecule has 0 radical (unpaired) electrons. The zero-order chi connectivity index (χ0) is 21.7. The zero-order valence-corrected chi connectivity index (χ0v) is 17.4. The number of morpholine rings is 1. The maximum absolute atomic E-state index is 13.0. The Morgan fingerprint density at radius 3 is 2.40 bits per heavy atom. The van der Waals surface area contributed by atoms with Crippen molar-refractivity contribution in [1.29, 1.82) is 0 Å². The minimum atomic E-state index is -4.47. The van der Waals surface area contributed by atoms with Crippen LogP contribution in [0.1, 0.15) is 15.9 Å². The van der Waals surface area contributed by atoms with Crippen molar-refractivity contribution in [3.05, 3.63) is 58.6 Å². The molecule has 10 heteroatoms. The van der Waals surface area contributed by atoms with E-state index in [1.54, 1.807) is 12.1 Å². The van der Waals surface area contributed by atoms with Crippen molar-refractivity contribution in [2.45, 2.75) is 11.1 Å². The molecule has 0 amide bonds. The molecule has 1 fully saturated rings. The lowest BCUT2D eigenvalue weighted by molar-refractivity contribution is -0.137. The number of hydrogen-bond donors (Lipinski definition) is 1. The first-order valence-corrected chi connectivity index (χ1v) is 10.3. The number of carboxylic acid groups (broad SMARTS) is 1. The molecule has 1 N–H and O–H groups in total. The number of rotatable bonds is 7. The van der Waals surface area contributed by atoms with Gasteiger partial charge in [0.2, 0.25) is 0 Å². The van der Waals surface area contributed by atoms with Crippen molar-refractivity contribution in [3.8, 4) is 0 Å². The molecule has 0 spiro atoms. The molecule has 2 aromatic carbocycles. The number of carbonyl (C=O) groups is 1. The monoisotopic (exact) mass is 460 g/mol. The number of nitrogens with zero attached hydrogens (tertiary/aromatic N) is 2. The van der Waals surface area contributed by atoms with Gasteiger partial charge in [-0.2, -0.15) is 13.2 Å². The van der Waals surface area contributed by atoms with Crippen LogP contribution in [0.3, 0.4) is 0 Å². The number of anilines is 1. The van der Waals surface area contributed by atoms with Crippen molar-refractivity contribution in [2.75, 3.05) is 43.7 Å². The largest absolute Gasteiger partial charge is 0.478 e. The minimum Gasteiger partial charge on any atom is -0.478 e. The molecular formula is C20H20ClF3N2O3S. The van der Waals surface area contributed by atoms with Gasteiger partial charge in [-0.3, -0.25) is 4.90 Å². The first kappa shape index (κ1) is 22.7. The van der Waals surface area contributed by atoms with Crippen LogP contribution in [-0.2, 0) is 10.9 Å². The summed E-state index contributed by atoms with van der Waals surface area (Å²) in [6.45, 7) is 4.05. The predicted molar refractivity (Wildman–Crippen MR) is 110 cm³/mol. The number of alkyl halides is 3. The fourth-order valence-corrected chi connectivity index (χ4v) is 4.22. The van der Waals surface area contributed by atoms with Crippen LogP contribution in [0.2, 0.25) is 5.02 Å². The molecule has 5 nitrogen and oxygen atoms in total. The number of aromatic carboxylic acids is 1. The number of hydrogen-bond acceptors (Lipinski definition) is 5. The standard InChI is InChI=1S/C20H20ClF3N2O3S/c21-17-13-15(20(22,23)24)3-6-18(17)26(8-7-25-9-11-29-12-10-25)30-16-4-1-14(2-5-16)19(27)28/h1-6,13H,7-12H2,(H,27,28). The molecule has 0 unspecified atom stereocenters. The number of ether oxygens (including phenoxy) is 1. The van der Waals surface area contributed by atoms with Gasteiger partial charge in [-0.1, -0.05) is 11.6 Å². The van der Waals surface area contributed by atoms with Gasteiger partial charge in [0.1, 0.15) is 0 Å². The van der Waals surface area contributed by atoms with Crippen LogP contribution in [0, 0.1) is 0 Å². The summed E-state index contributed by atoms with van der Waals surface area (Å²) in [6.07, 6.45) is -4.47. The van der Waals surface area contributed by atoms with Crippen LogP contribution in [0.25, 0.3) is 0 Å². The molecule has 0 saturated carbocycles. The second-order valence-corrected chi connectivity index (χ2v) is 8.14. The van der Waals surface area contributed by atoms with E-state index in [2.05, 4.69) is 4.90 Å². The Bertz CT molecular complexity index is 875. The second kappa shape index (κ2) is 9.91. The van der Waals surface area contributed by atoms with E-state index >= 15 is 0 Å². The maximum Gasteiger partial charge on any atom is 0.416 e. The van der Waals surface area contributed by atoms with Gasteiger partial charge in [-0.25, -0.2) is 4.79 Å². The topological polar surface area (TPSA) is 53.0 Å². The molecule has 3 rings (SSSR count). The predicted octanol–water partition coefficient (Wildman–Crippen LogP) is 4.90. The van der Waals surface area contributed by atoms with E-state index in [0.717, 1.165) is 30.1 Å². The highest BCUT2D eigenvalue weighted by Crippen LogP contribution is 2.38. The van der Waals surface area contributed by atoms with Gasteiger partial charge in [0.25, 0.3) is 0 Å². The van der Waals surface area contributed by atoms with Gasteiger partial charge >= 0.3 is 12.1 Å². The van der Waals surface area contributed by atoms with E-state index in [4.69, 9.17) is 21.4 Å². The van der Waals surface area contributed by atoms with Gasteiger partial charge in [0.15, 0.2) is 0 Å². The molecule has 0 aromatic heterocycles. The fraction of sp³-hybridized carbons (Fsp3) is 0.350. The Hall–Kier alpha value is -1.94. The molecule has 0 atom stereocenters. The highest BCUT2D eigenvalue weighted by atomic mass is 35.5.